The molecule has 0 unspecified atom stereocenters. The van der Waals surface area contributed by atoms with E-state index in [2.05, 4.69) is 56.6 Å². The lowest BCUT2D eigenvalue weighted by molar-refractivity contribution is 0.122. The first-order chi connectivity index (χ1) is 12.9. The first-order valence-corrected chi connectivity index (χ1v) is 9.44. The number of aromatic nitrogens is 2. The van der Waals surface area contributed by atoms with Crippen molar-refractivity contribution >= 4 is 29.1 Å². The summed E-state index contributed by atoms with van der Waals surface area (Å²) in [5.41, 5.74) is 2.19. The van der Waals surface area contributed by atoms with Crippen molar-refractivity contribution in [3.05, 3.63) is 66.9 Å². The molecule has 0 aliphatic carbocycles. The van der Waals surface area contributed by atoms with Gasteiger partial charge in [0.25, 0.3) is 0 Å². The number of rotatable bonds is 5. The zero-order valence-corrected chi connectivity index (χ0v) is 15.2. The number of ether oxygens (including phenoxy) is 1. The molecule has 4 rings (SSSR count). The van der Waals surface area contributed by atoms with Crippen LogP contribution in [0.4, 0.5) is 17.3 Å². The summed E-state index contributed by atoms with van der Waals surface area (Å²) in [6.07, 6.45) is 1.78. The quantitative estimate of drug-likeness (QED) is 0.685. The highest BCUT2D eigenvalue weighted by atomic mass is 32.2. The van der Waals surface area contributed by atoms with Crippen molar-refractivity contribution in [2.75, 3.05) is 36.5 Å². The predicted octanol–water partition coefficient (Wildman–Crippen LogP) is 4.21. The minimum Gasteiger partial charge on any atom is -0.378 e. The van der Waals surface area contributed by atoms with Gasteiger partial charge in [-0.1, -0.05) is 30.0 Å². The van der Waals surface area contributed by atoms with Crippen molar-refractivity contribution in [2.45, 2.75) is 9.92 Å². The van der Waals surface area contributed by atoms with Gasteiger partial charge in [-0.25, -0.2) is 9.97 Å². The minimum atomic E-state index is 0.602. The molecule has 132 valence electrons. The van der Waals surface area contributed by atoms with Crippen LogP contribution in [0.25, 0.3) is 0 Å². The maximum atomic E-state index is 5.41. The molecule has 1 aromatic heterocycles. The molecule has 1 N–H and O–H groups in total. The van der Waals surface area contributed by atoms with Crippen LogP contribution >= 0.6 is 11.8 Å². The highest BCUT2D eigenvalue weighted by Crippen LogP contribution is 2.26. The van der Waals surface area contributed by atoms with Gasteiger partial charge in [0.05, 0.1) is 13.2 Å². The van der Waals surface area contributed by atoms with Gasteiger partial charge >= 0.3 is 0 Å². The summed E-state index contributed by atoms with van der Waals surface area (Å²) >= 11 is 1.62. The normalized spacial score (nSPS) is 14.2. The van der Waals surface area contributed by atoms with Gasteiger partial charge in [0.15, 0.2) is 0 Å². The van der Waals surface area contributed by atoms with Crippen LogP contribution in [-0.4, -0.2) is 36.3 Å². The van der Waals surface area contributed by atoms with Crippen molar-refractivity contribution < 1.29 is 4.74 Å². The predicted molar refractivity (Wildman–Crippen MR) is 105 cm³/mol. The highest BCUT2D eigenvalue weighted by molar-refractivity contribution is 7.99. The van der Waals surface area contributed by atoms with Gasteiger partial charge < -0.3 is 15.0 Å². The lowest BCUT2D eigenvalue weighted by Gasteiger charge is -2.28. The van der Waals surface area contributed by atoms with E-state index in [0.717, 1.165) is 41.9 Å². The highest BCUT2D eigenvalue weighted by Gasteiger charge is 2.11. The Labute approximate surface area is 157 Å². The number of nitrogens with one attached hydrogen (secondary N) is 1. The molecule has 2 aromatic carbocycles. The van der Waals surface area contributed by atoms with E-state index >= 15 is 0 Å². The fourth-order valence-electron chi connectivity index (χ4n) is 2.77. The van der Waals surface area contributed by atoms with E-state index in [0.29, 0.717) is 5.95 Å². The minimum absolute atomic E-state index is 0.602. The van der Waals surface area contributed by atoms with E-state index in [1.165, 1.54) is 5.69 Å². The number of anilines is 3. The Morgan fingerprint density at radius 2 is 1.69 bits per heavy atom. The van der Waals surface area contributed by atoms with Crippen LogP contribution in [0.1, 0.15) is 0 Å². The van der Waals surface area contributed by atoms with Crippen LogP contribution < -0.4 is 10.2 Å². The summed E-state index contributed by atoms with van der Waals surface area (Å²) in [5.74, 6) is 0.602. The molecule has 6 heteroatoms. The van der Waals surface area contributed by atoms with Gasteiger partial charge in [-0.05, 0) is 42.5 Å². The zero-order chi connectivity index (χ0) is 17.6. The molecule has 0 atom stereocenters. The summed E-state index contributed by atoms with van der Waals surface area (Å²) in [6.45, 7) is 3.46. The molecule has 0 spiro atoms. The van der Waals surface area contributed by atoms with Crippen LogP contribution in [0, 0.1) is 0 Å². The van der Waals surface area contributed by atoms with E-state index in [1.807, 2.05) is 24.3 Å². The average Bonchev–Trinajstić information content (AvgIpc) is 2.70. The zero-order valence-electron chi connectivity index (χ0n) is 14.3. The monoisotopic (exact) mass is 364 g/mol. The Balaban J connectivity index is 1.43. The molecular formula is C20H20N4OS. The molecular weight excluding hydrogens is 344 g/mol. The fraction of sp³-hybridized carbons (Fsp3) is 0.200. The summed E-state index contributed by atoms with van der Waals surface area (Å²) in [7, 11) is 0. The second-order valence-corrected chi connectivity index (χ2v) is 7.00. The van der Waals surface area contributed by atoms with Gasteiger partial charge in [-0.2, -0.15) is 0 Å². The second-order valence-electron chi connectivity index (χ2n) is 5.90. The molecule has 0 radical (unpaired) electrons. The van der Waals surface area contributed by atoms with Crippen LogP contribution in [0.2, 0.25) is 0 Å². The van der Waals surface area contributed by atoms with Crippen LogP contribution in [0.3, 0.4) is 0 Å². The maximum Gasteiger partial charge on any atom is 0.228 e. The summed E-state index contributed by atoms with van der Waals surface area (Å²) in [4.78, 5) is 12.4. The molecule has 1 aliphatic rings. The Hall–Kier alpha value is -2.57. The van der Waals surface area contributed by atoms with Crippen LogP contribution in [-0.2, 0) is 4.74 Å². The molecule has 0 saturated carbocycles. The lowest BCUT2D eigenvalue weighted by Crippen LogP contribution is -2.36. The van der Waals surface area contributed by atoms with Crippen molar-refractivity contribution in [2.24, 2.45) is 0 Å². The van der Waals surface area contributed by atoms with E-state index in [9.17, 15) is 0 Å². The average molecular weight is 364 g/mol. The molecule has 1 aliphatic heterocycles. The first kappa shape index (κ1) is 16.9. The molecule has 5 nitrogen and oxygen atoms in total. The van der Waals surface area contributed by atoms with Gasteiger partial charge in [0.2, 0.25) is 5.95 Å². The SMILES string of the molecule is c1ccc(Sc2ccnc(Nc3ccc(N4CCOCC4)cc3)n2)cc1. The molecule has 0 bridgehead atoms. The maximum absolute atomic E-state index is 5.41. The van der Waals surface area contributed by atoms with E-state index in [1.54, 1.807) is 18.0 Å². The summed E-state index contributed by atoms with van der Waals surface area (Å²) in [6, 6.07) is 20.5. The number of nitrogens with zero attached hydrogens (tertiary/aromatic N) is 3. The van der Waals surface area contributed by atoms with E-state index in [4.69, 9.17) is 4.74 Å². The molecule has 26 heavy (non-hydrogen) atoms. The summed E-state index contributed by atoms with van der Waals surface area (Å²) < 4.78 is 5.41. The Bertz CT molecular complexity index is 836. The number of benzene rings is 2. The van der Waals surface area contributed by atoms with Crippen LogP contribution in [0.15, 0.2) is 76.8 Å². The van der Waals surface area contributed by atoms with Gasteiger partial charge in [-0.3, -0.25) is 0 Å². The Kier molecular flexibility index (Phi) is 5.33. The number of morpholine rings is 1. The third-order valence-corrected chi connectivity index (χ3v) is 5.04. The standard InChI is InChI=1S/C20H20N4OS/c1-2-4-18(5-3-1)26-19-10-11-21-20(23-19)22-16-6-8-17(9-7-16)24-12-14-25-15-13-24/h1-11H,12-15H2,(H,21,22,23). The molecule has 2 heterocycles. The van der Waals surface area contributed by atoms with E-state index in [-0.39, 0.29) is 0 Å². The topological polar surface area (TPSA) is 50.3 Å². The van der Waals surface area contributed by atoms with Gasteiger partial charge in [-0.15, -0.1) is 0 Å². The lowest BCUT2D eigenvalue weighted by atomic mass is 10.2. The molecule has 1 saturated heterocycles. The van der Waals surface area contributed by atoms with Gasteiger partial charge in [0, 0.05) is 35.6 Å². The van der Waals surface area contributed by atoms with Crippen molar-refractivity contribution in [3.63, 3.8) is 0 Å². The summed E-state index contributed by atoms with van der Waals surface area (Å²) in [5, 5.41) is 4.20. The van der Waals surface area contributed by atoms with Crippen molar-refractivity contribution in [1.29, 1.82) is 0 Å². The number of hydrogen-bond acceptors (Lipinski definition) is 6. The largest absolute Gasteiger partial charge is 0.378 e. The van der Waals surface area contributed by atoms with Gasteiger partial charge in [0.1, 0.15) is 5.03 Å². The van der Waals surface area contributed by atoms with Crippen LogP contribution in [0.5, 0.6) is 0 Å². The smallest absolute Gasteiger partial charge is 0.228 e. The third kappa shape index (κ3) is 4.33. The van der Waals surface area contributed by atoms with E-state index < -0.39 is 0 Å². The number of hydrogen-bond donors (Lipinski definition) is 1. The molecule has 1 fully saturated rings. The first-order valence-electron chi connectivity index (χ1n) is 8.62. The Morgan fingerprint density at radius 1 is 0.923 bits per heavy atom. The Morgan fingerprint density at radius 3 is 2.46 bits per heavy atom. The van der Waals surface area contributed by atoms with Crippen molar-refractivity contribution in [3.8, 4) is 0 Å². The molecule has 0 amide bonds. The second kappa shape index (κ2) is 8.21. The third-order valence-electron chi connectivity index (χ3n) is 4.10. The van der Waals surface area contributed by atoms with Crippen molar-refractivity contribution in [1.82, 2.24) is 9.97 Å². The molecule has 3 aromatic rings. The fourth-order valence-corrected chi connectivity index (χ4v) is 3.57.